The first kappa shape index (κ1) is 14.7. The normalized spacial score (nSPS) is 11.2. The smallest absolute Gasteiger partial charge is 0.170 e. The van der Waals surface area contributed by atoms with Crippen molar-refractivity contribution in [3.63, 3.8) is 0 Å². The molecule has 0 saturated heterocycles. The van der Waals surface area contributed by atoms with Gasteiger partial charge in [-0.2, -0.15) is 0 Å². The third-order valence-corrected chi connectivity index (χ3v) is 3.13. The van der Waals surface area contributed by atoms with Gasteiger partial charge >= 0.3 is 0 Å². The van der Waals surface area contributed by atoms with Crippen LogP contribution in [0.25, 0.3) is 0 Å². The van der Waals surface area contributed by atoms with Gasteiger partial charge in [0.2, 0.25) is 0 Å². The number of oxime groups is 1. The van der Waals surface area contributed by atoms with E-state index in [1.807, 2.05) is 37.3 Å². The van der Waals surface area contributed by atoms with Crippen LogP contribution >= 0.6 is 0 Å². The Balaban J connectivity index is 2.28. The third kappa shape index (κ3) is 3.45. The van der Waals surface area contributed by atoms with Crippen LogP contribution in [-0.4, -0.2) is 18.2 Å². The Morgan fingerprint density at radius 2 is 1.90 bits per heavy atom. The van der Waals surface area contributed by atoms with Crippen molar-refractivity contribution >= 4 is 5.84 Å². The Labute approximate surface area is 123 Å². The van der Waals surface area contributed by atoms with Gasteiger partial charge < -0.3 is 20.4 Å². The van der Waals surface area contributed by atoms with Crippen molar-refractivity contribution in [3.8, 4) is 11.5 Å². The first-order valence-corrected chi connectivity index (χ1v) is 6.49. The Morgan fingerprint density at radius 1 is 1.19 bits per heavy atom. The number of methoxy groups -OCH3 is 1. The van der Waals surface area contributed by atoms with Crippen molar-refractivity contribution in [1.82, 2.24) is 0 Å². The minimum absolute atomic E-state index is 0.0414. The van der Waals surface area contributed by atoms with E-state index >= 15 is 0 Å². The minimum atomic E-state index is 0.0414. The molecule has 0 atom stereocenters. The molecule has 0 radical (unpaired) electrons. The molecule has 2 aromatic rings. The molecule has 0 spiro atoms. The summed E-state index contributed by atoms with van der Waals surface area (Å²) in [4.78, 5) is 0. The molecule has 5 nitrogen and oxygen atoms in total. The number of nitrogens with zero attached hydrogens (tertiary/aromatic N) is 1. The average molecular weight is 286 g/mol. The first-order chi connectivity index (χ1) is 10.2. The van der Waals surface area contributed by atoms with Crippen LogP contribution in [0, 0.1) is 6.92 Å². The number of amidine groups is 1. The van der Waals surface area contributed by atoms with Gasteiger partial charge in [-0.25, -0.2) is 0 Å². The predicted octanol–water partition coefficient (Wildman–Crippen LogP) is 2.68. The SMILES string of the molecule is COc1cc(C)c(/C(N)=N/O)cc1OCc1ccccc1. The number of hydrogen-bond donors (Lipinski definition) is 2. The molecule has 5 heteroatoms. The fourth-order valence-electron chi connectivity index (χ4n) is 2.00. The van der Waals surface area contributed by atoms with E-state index in [4.69, 9.17) is 20.4 Å². The summed E-state index contributed by atoms with van der Waals surface area (Å²) in [5.41, 5.74) is 8.17. The fraction of sp³-hybridized carbons (Fsp3) is 0.188. The summed E-state index contributed by atoms with van der Waals surface area (Å²) >= 11 is 0. The van der Waals surface area contributed by atoms with Crippen LogP contribution < -0.4 is 15.2 Å². The molecule has 0 aliphatic heterocycles. The lowest BCUT2D eigenvalue weighted by Crippen LogP contribution is -2.15. The minimum Gasteiger partial charge on any atom is -0.493 e. The standard InChI is InChI=1S/C16H18N2O3/c1-11-8-14(20-2)15(9-13(11)16(17)18-19)21-10-12-6-4-3-5-7-12/h3-9,19H,10H2,1-2H3,(H2,17,18). The Bertz CT molecular complexity index is 639. The molecule has 0 aliphatic carbocycles. The molecule has 0 aromatic heterocycles. The molecule has 0 saturated carbocycles. The number of hydrogen-bond acceptors (Lipinski definition) is 4. The van der Waals surface area contributed by atoms with Gasteiger partial charge in [-0.3, -0.25) is 0 Å². The van der Waals surface area contributed by atoms with Gasteiger partial charge in [0, 0.05) is 5.56 Å². The maximum absolute atomic E-state index is 8.83. The molecule has 110 valence electrons. The molecule has 21 heavy (non-hydrogen) atoms. The van der Waals surface area contributed by atoms with E-state index < -0.39 is 0 Å². The van der Waals surface area contributed by atoms with Crippen molar-refractivity contribution < 1.29 is 14.7 Å². The van der Waals surface area contributed by atoms with Crippen LogP contribution in [0.15, 0.2) is 47.6 Å². The predicted molar refractivity (Wildman–Crippen MR) is 81.0 cm³/mol. The summed E-state index contributed by atoms with van der Waals surface area (Å²) in [6, 6.07) is 13.3. The van der Waals surface area contributed by atoms with Crippen molar-refractivity contribution in [2.24, 2.45) is 10.9 Å². The number of aryl methyl sites for hydroxylation is 1. The quantitative estimate of drug-likeness (QED) is 0.383. The summed E-state index contributed by atoms with van der Waals surface area (Å²) < 4.78 is 11.1. The highest BCUT2D eigenvalue weighted by Crippen LogP contribution is 2.31. The zero-order chi connectivity index (χ0) is 15.2. The number of benzene rings is 2. The molecule has 0 heterocycles. The lowest BCUT2D eigenvalue weighted by molar-refractivity contribution is 0.284. The lowest BCUT2D eigenvalue weighted by Gasteiger charge is -2.14. The van der Waals surface area contributed by atoms with E-state index in [-0.39, 0.29) is 5.84 Å². The summed E-state index contributed by atoms with van der Waals surface area (Å²) in [6.07, 6.45) is 0. The van der Waals surface area contributed by atoms with Crippen LogP contribution in [0.3, 0.4) is 0 Å². The monoisotopic (exact) mass is 286 g/mol. The van der Waals surface area contributed by atoms with E-state index in [0.717, 1.165) is 11.1 Å². The van der Waals surface area contributed by atoms with Gasteiger partial charge in [-0.1, -0.05) is 35.5 Å². The molecular weight excluding hydrogens is 268 g/mol. The first-order valence-electron chi connectivity index (χ1n) is 6.49. The Hall–Kier alpha value is -2.69. The van der Waals surface area contributed by atoms with E-state index in [1.54, 1.807) is 19.2 Å². The second-order valence-electron chi connectivity index (χ2n) is 4.58. The van der Waals surface area contributed by atoms with Gasteiger partial charge in [-0.05, 0) is 30.2 Å². The molecule has 0 aliphatic rings. The van der Waals surface area contributed by atoms with Gasteiger partial charge in [0.05, 0.1) is 7.11 Å². The molecule has 2 aromatic carbocycles. The zero-order valence-corrected chi connectivity index (χ0v) is 12.0. The van der Waals surface area contributed by atoms with Gasteiger partial charge in [0.15, 0.2) is 17.3 Å². The highest BCUT2D eigenvalue weighted by molar-refractivity contribution is 5.99. The zero-order valence-electron chi connectivity index (χ0n) is 12.0. The van der Waals surface area contributed by atoms with Crippen molar-refractivity contribution in [3.05, 3.63) is 59.2 Å². The van der Waals surface area contributed by atoms with E-state index in [2.05, 4.69) is 5.16 Å². The maximum atomic E-state index is 8.83. The molecule has 0 unspecified atom stereocenters. The molecule has 0 bridgehead atoms. The third-order valence-electron chi connectivity index (χ3n) is 3.13. The fourth-order valence-corrected chi connectivity index (χ4v) is 2.00. The van der Waals surface area contributed by atoms with Crippen LogP contribution in [-0.2, 0) is 6.61 Å². The van der Waals surface area contributed by atoms with E-state index in [0.29, 0.717) is 23.7 Å². The molecule has 2 rings (SSSR count). The van der Waals surface area contributed by atoms with Crippen molar-refractivity contribution in [1.29, 1.82) is 0 Å². The molecular formula is C16H18N2O3. The highest BCUT2D eigenvalue weighted by Gasteiger charge is 2.12. The van der Waals surface area contributed by atoms with Crippen LogP contribution in [0.4, 0.5) is 0 Å². The molecule has 0 fully saturated rings. The van der Waals surface area contributed by atoms with Crippen molar-refractivity contribution in [2.45, 2.75) is 13.5 Å². The van der Waals surface area contributed by atoms with Gasteiger partial charge in [0.1, 0.15) is 6.61 Å². The highest BCUT2D eigenvalue weighted by atomic mass is 16.5. The Kier molecular flexibility index (Phi) is 4.66. The second kappa shape index (κ2) is 6.65. The van der Waals surface area contributed by atoms with Gasteiger partial charge in [0.25, 0.3) is 0 Å². The number of ether oxygens (including phenoxy) is 2. The summed E-state index contributed by atoms with van der Waals surface area (Å²) in [7, 11) is 1.58. The second-order valence-corrected chi connectivity index (χ2v) is 4.58. The summed E-state index contributed by atoms with van der Waals surface area (Å²) in [6.45, 7) is 2.27. The van der Waals surface area contributed by atoms with Crippen molar-refractivity contribution in [2.75, 3.05) is 7.11 Å². The number of rotatable bonds is 5. The Morgan fingerprint density at radius 3 is 2.52 bits per heavy atom. The van der Waals surface area contributed by atoms with E-state index in [1.165, 1.54) is 0 Å². The molecule has 3 N–H and O–H groups in total. The summed E-state index contributed by atoms with van der Waals surface area (Å²) in [5, 5.41) is 11.9. The van der Waals surface area contributed by atoms with Crippen LogP contribution in [0.1, 0.15) is 16.7 Å². The van der Waals surface area contributed by atoms with Gasteiger partial charge in [-0.15, -0.1) is 0 Å². The lowest BCUT2D eigenvalue weighted by atomic mass is 10.1. The largest absolute Gasteiger partial charge is 0.493 e. The molecule has 0 amide bonds. The van der Waals surface area contributed by atoms with E-state index in [9.17, 15) is 0 Å². The van der Waals surface area contributed by atoms with Crippen LogP contribution in [0.5, 0.6) is 11.5 Å². The maximum Gasteiger partial charge on any atom is 0.170 e. The topological polar surface area (TPSA) is 77.1 Å². The summed E-state index contributed by atoms with van der Waals surface area (Å²) in [5.74, 6) is 1.20. The number of nitrogens with two attached hydrogens (primary N) is 1. The van der Waals surface area contributed by atoms with Crippen LogP contribution in [0.2, 0.25) is 0 Å². The average Bonchev–Trinajstić information content (AvgIpc) is 2.53.